The SMILES string of the molecule is O=C(Nc1ccccc1F)N1Cc2ccccc2-n2cccc2C1c1cccc(Cl)c1. The number of amides is 2. The topological polar surface area (TPSA) is 37.3 Å². The molecule has 154 valence electrons. The molecule has 5 rings (SSSR count). The number of carbonyl (C=O) groups excluding carboxylic acids is 1. The maximum Gasteiger partial charge on any atom is 0.323 e. The highest BCUT2D eigenvalue weighted by molar-refractivity contribution is 6.30. The smallest absolute Gasteiger partial charge is 0.318 e. The highest BCUT2D eigenvalue weighted by atomic mass is 35.5. The normalized spacial score (nSPS) is 15.0. The minimum Gasteiger partial charge on any atom is -0.318 e. The van der Waals surface area contributed by atoms with E-state index in [1.165, 1.54) is 6.07 Å². The fraction of sp³-hybridized carbons (Fsp3) is 0.0800. The molecule has 2 amide bonds. The number of hydrogen-bond donors (Lipinski definition) is 1. The molecule has 0 fully saturated rings. The van der Waals surface area contributed by atoms with Gasteiger partial charge in [-0.2, -0.15) is 0 Å². The highest BCUT2D eigenvalue weighted by Crippen LogP contribution is 2.37. The molecule has 1 aromatic heterocycles. The van der Waals surface area contributed by atoms with E-state index in [0.29, 0.717) is 11.6 Å². The Hall–Kier alpha value is -3.57. The van der Waals surface area contributed by atoms with E-state index < -0.39 is 11.9 Å². The van der Waals surface area contributed by atoms with E-state index in [0.717, 1.165) is 22.5 Å². The van der Waals surface area contributed by atoms with E-state index in [2.05, 4.69) is 9.88 Å². The lowest BCUT2D eigenvalue weighted by atomic mass is 10.0. The molecular weight excluding hydrogens is 413 g/mol. The number of urea groups is 1. The third-order valence-electron chi connectivity index (χ3n) is 5.50. The van der Waals surface area contributed by atoms with Crippen molar-refractivity contribution in [1.82, 2.24) is 9.47 Å². The summed E-state index contributed by atoms with van der Waals surface area (Å²) in [5, 5.41) is 3.34. The molecule has 1 atom stereocenters. The minimum atomic E-state index is -0.478. The summed E-state index contributed by atoms with van der Waals surface area (Å²) in [7, 11) is 0. The Kier molecular flexibility index (Phi) is 4.96. The molecule has 2 heterocycles. The van der Waals surface area contributed by atoms with Gasteiger partial charge in [-0.3, -0.25) is 0 Å². The second-order valence-electron chi connectivity index (χ2n) is 7.43. The van der Waals surface area contributed by atoms with Crippen LogP contribution >= 0.6 is 11.6 Å². The number of aromatic nitrogens is 1. The van der Waals surface area contributed by atoms with Crippen LogP contribution in [0.25, 0.3) is 5.69 Å². The molecule has 4 nitrogen and oxygen atoms in total. The lowest BCUT2D eigenvalue weighted by Crippen LogP contribution is -2.38. The maximum atomic E-state index is 14.2. The standard InChI is InChI=1S/C25H19ClFN3O/c26-19-9-5-8-17(15-19)24-23-13-6-14-29(23)22-12-4-1-7-18(22)16-30(24)25(31)28-21-11-3-2-10-20(21)27/h1-15,24H,16H2,(H,28,31). The molecule has 4 aromatic rings. The number of fused-ring (bicyclic) bond motifs is 3. The molecular formula is C25H19ClFN3O. The van der Waals surface area contributed by atoms with Gasteiger partial charge in [-0.15, -0.1) is 0 Å². The van der Waals surface area contributed by atoms with E-state index >= 15 is 0 Å². The first kappa shape index (κ1) is 19.4. The minimum absolute atomic E-state index is 0.144. The number of carbonyl (C=O) groups is 1. The van der Waals surface area contributed by atoms with Gasteiger partial charge in [0.25, 0.3) is 0 Å². The van der Waals surface area contributed by atoms with E-state index in [4.69, 9.17) is 11.6 Å². The summed E-state index contributed by atoms with van der Waals surface area (Å²) in [5.41, 5.74) is 3.95. The number of halogens is 2. The Balaban J connectivity index is 1.65. The highest BCUT2D eigenvalue weighted by Gasteiger charge is 2.33. The molecule has 1 aliphatic rings. The number of nitrogens with zero attached hydrogens (tertiary/aromatic N) is 2. The van der Waals surface area contributed by atoms with Crippen LogP contribution in [0.5, 0.6) is 0 Å². The largest absolute Gasteiger partial charge is 0.323 e. The number of rotatable bonds is 2. The molecule has 0 spiro atoms. The molecule has 0 aliphatic carbocycles. The zero-order valence-electron chi connectivity index (χ0n) is 16.5. The monoisotopic (exact) mass is 431 g/mol. The van der Waals surface area contributed by atoms with Crippen molar-refractivity contribution < 1.29 is 9.18 Å². The van der Waals surface area contributed by atoms with Crippen molar-refractivity contribution in [3.63, 3.8) is 0 Å². The summed E-state index contributed by atoms with van der Waals surface area (Å²) in [6.45, 7) is 0.356. The van der Waals surface area contributed by atoms with Crippen molar-refractivity contribution in [2.45, 2.75) is 12.6 Å². The van der Waals surface area contributed by atoms with Crippen LogP contribution in [-0.4, -0.2) is 15.5 Å². The maximum absolute atomic E-state index is 14.2. The Labute approximate surface area is 184 Å². The lowest BCUT2D eigenvalue weighted by molar-refractivity contribution is 0.194. The number of benzene rings is 3. The number of nitrogens with one attached hydrogen (secondary N) is 1. The molecule has 3 aromatic carbocycles. The van der Waals surface area contributed by atoms with Crippen molar-refractivity contribution in [1.29, 1.82) is 0 Å². The van der Waals surface area contributed by atoms with Crippen molar-refractivity contribution in [3.8, 4) is 5.69 Å². The van der Waals surface area contributed by atoms with Crippen LogP contribution in [0, 0.1) is 5.82 Å². The molecule has 6 heteroatoms. The third kappa shape index (κ3) is 3.57. The average molecular weight is 432 g/mol. The Bertz CT molecular complexity index is 1270. The van der Waals surface area contributed by atoms with Crippen molar-refractivity contribution in [3.05, 3.63) is 119 Å². The predicted octanol–water partition coefficient (Wildman–Crippen LogP) is 6.41. The van der Waals surface area contributed by atoms with Gasteiger partial charge in [0.15, 0.2) is 0 Å². The lowest BCUT2D eigenvalue weighted by Gasteiger charge is -2.31. The van der Waals surface area contributed by atoms with Crippen LogP contribution in [0.15, 0.2) is 91.1 Å². The van der Waals surface area contributed by atoms with Crippen LogP contribution in [0.3, 0.4) is 0 Å². The van der Waals surface area contributed by atoms with Gasteiger partial charge in [0.2, 0.25) is 0 Å². The number of anilines is 1. The Morgan fingerprint density at radius 1 is 0.968 bits per heavy atom. The van der Waals surface area contributed by atoms with Gasteiger partial charge < -0.3 is 14.8 Å². The second kappa shape index (κ2) is 7.93. The van der Waals surface area contributed by atoms with Crippen molar-refractivity contribution in [2.75, 3.05) is 5.32 Å². The predicted molar refractivity (Wildman–Crippen MR) is 120 cm³/mol. The quantitative estimate of drug-likeness (QED) is 0.391. The second-order valence-corrected chi connectivity index (χ2v) is 7.86. The van der Waals surface area contributed by atoms with Crippen LogP contribution < -0.4 is 5.32 Å². The molecule has 0 bridgehead atoms. The van der Waals surface area contributed by atoms with Gasteiger partial charge in [-0.25, -0.2) is 9.18 Å². The Morgan fingerprint density at radius 2 is 1.77 bits per heavy atom. The van der Waals surface area contributed by atoms with Crippen LogP contribution in [0.2, 0.25) is 5.02 Å². The third-order valence-corrected chi connectivity index (χ3v) is 5.74. The van der Waals surface area contributed by atoms with Crippen LogP contribution in [0.4, 0.5) is 14.9 Å². The summed E-state index contributed by atoms with van der Waals surface area (Å²) < 4.78 is 16.3. The van der Waals surface area contributed by atoms with Gasteiger partial charge in [0.1, 0.15) is 5.82 Å². The van der Waals surface area contributed by atoms with E-state index in [1.807, 2.05) is 60.8 Å². The number of hydrogen-bond acceptors (Lipinski definition) is 1. The fourth-order valence-electron chi connectivity index (χ4n) is 4.12. The molecule has 1 unspecified atom stereocenters. The molecule has 1 aliphatic heterocycles. The Morgan fingerprint density at radius 3 is 2.61 bits per heavy atom. The van der Waals surface area contributed by atoms with Crippen LogP contribution in [-0.2, 0) is 6.54 Å². The van der Waals surface area contributed by atoms with Gasteiger partial charge >= 0.3 is 6.03 Å². The first-order chi connectivity index (χ1) is 15.1. The van der Waals surface area contributed by atoms with Crippen molar-refractivity contribution in [2.24, 2.45) is 0 Å². The van der Waals surface area contributed by atoms with E-state index in [1.54, 1.807) is 29.2 Å². The number of para-hydroxylation sites is 2. The van der Waals surface area contributed by atoms with Crippen molar-refractivity contribution >= 4 is 23.3 Å². The van der Waals surface area contributed by atoms with Gasteiger partial charge in [-0.1, -0.05) is 54.1 Å². The zero-order chi connectivity index (χ0) is 21.4. The first-order valence-electron chi connectivity index (χ1n) is 9.95. The molecule has 1 N–H and O–H groups in total. The molecule has 0 saturated carbocycles. The van der Waals surface area contributed by atoms with Gasteiger partial charge in [0.05, 0.1) is 24.0 Å². The first-order valence-corrected chi connectivity index (χ1v) is 10.3. The summed E-state index contributed by atoms with van der Waals surface area (Å²) >= 11 is 6.30. The van der Waals surface area contributed by atoms with Crippen LogP contribution in [0.1, 0.15) is 22.9 Å². The summed E-state index contributed by atoms with van der Waals surface area (Å²) in [6.07, 6.45) is 1.99. The molecule has 31 heavy (non-hydrogen) atoms. The van der Waals surface area contributed by atoms with Gasteiger partial charge in [0, 0.05) is 16.9 Å². The summed E-state index contributed by atoms with van der Waals surface area (Å²) in [4.78, 5) is 15.2. The zero-order valence-corrected chi connectivity index (χ0v) is 17.3. The summed E-state index contributed by atoms with van der Waals surface area (Å²) in [5.74, 6) is -0.478. The van der Waals surface area contributed by atoms with E-state index in [-0.39, 0.29) is 11.7 Å². The van der Waals surface area contributed by atoms with Gasteiger partial charge in [-0.05, 0) is 53.6 Å². The fourth-order valence-corrected chi connectivity index (χ4v) is 4.32. The molecule has 0 saturated heterocycles. The van der Waals surface area contributed by atoms with E-state index in [9.17, 15) is 9.18 Å². The average Bonchev–Trinajstić information content (AvgIpc) is 3.19. The molecule has 0 radical (unpaired) electrons. The summed E-state index contributed by atoms with van der Waals surface area (Å²) in [6, 6.07) is 24.8.